The zero-order chi connectivity index (χ0) is 20.9. The Morgan fingerprint density at radius 3 is 2.21 bits per heavy atom. The summed E-state index contributed by atoms with van der Waals surface area (Å²) < 4.78 is 5.23. The molecule has 2 N–H and O–H groups in total. The van der Waals surface area contributed by atoms with Crippen LogP contribution in [0.15, 0.2) is 42.6 Å². The molecule has 154 valence electrons. The number of aromatic nitrogens is 1. The zero-order valence-electron chi connectivity index (χ0n) is 17.2. The van der Waals surface area contributed by atoms with Crippen molar-refractivity contribution in [1.82, 2.24) is 4.98 Å². The van der Waals surface area contributed by atoms with E-state index in [1.807, 2.05) is 20.8 Å². The molecular weight excluding hydrogens is 368 g/mol. The number of carbonyl (C=O) groups is 2. The molecule has 2 aromatic rings. The highest BCUT2D eigenvalue weighted by atomic mass is 16.6. The molecule has 0 saturated carbocycles. The molecule has 0 atom stereocenters. The number of nitrogens with one attached hydrogen (secondary N) is 2. The second-order valence-electron chi connectivity index (χ2n) is 8.08. The molecule has 2 amide bonds. The van der Waals surface area contributed by atoms with Crippen LogP contribution in [0.5, 0.6) is 0 Å². The van der Waals surface area contributed by atoms with Gasteiger partial charge in [0.05, 0.1) is 5.56 Å². The monoisotopic (exact) mass is 396 g/mol. The molecule has 1 fully saturated rings. The standard InChI is InChI=1S/C22H28N4O3/c1-22(2,3)29-21(28)25-17-11-9-16(10-12-17)24-20(27)18-8-7-13-23-19(18)26-14-5-4-6-15-26/h7-13H,4-6,14-15H2,1-3H3,(H,24,27)(H,25,28). The minimum Gasteiger partial charge on any atom is -0.444 e. The van der Waals surface area contributed by atoms with E-state index >= 15 is 0 Å². The van der Waals surface area contributed by atoms with Crippen molar-refractivity contribution in [2.45, 2.75) is 45.6 Å². The van der Waals surface area contributed by atoms with E-state index in [-0.39, 0.29) is 5.91 Å². The summed E-state index contributed by atoms with van der Waals surface area (Å²) in [5.74, 6) is 0.527. The average molecular weight is 396 g/mol. The molecule has 7 nitrogen and oxygen atoms in total. The Kier molecular flexibility index (Phi) is 6.36. The molecular formula is C22H28N4O3. The van der Waals surface area contributed by atoms with Crippen LogP contribution in [0.4, 0.5) is 22.0 Å². The lowest BCUT2D eigenvalue weighted by molar-refractivity contribution is 0.0635. The normalized spacial score (nSPS) is 14.2. The van der Waals surface area contributed by atoms with Gasteiger partial charge >= 0.3 is 6.09 Å². The summed E-state index contributed by atoms with van der Waals surface area (Å²) in [6.07, 6.45) is 4.65. The van der Waals surface area contributed by atoms with Gasteiger partial charge < -0.3 is 15.0 Å². The number of nitrogens with zero attached hydrogens (tertiary/aromatic N) is 2. The van der Waals surface area contributed by atoms with Gasteiger partial charge in [-0.25, -0.2) is 9.78 Å². The summed E-state index contributed by atoms with van der Waals surface area (Å²) >= 11 is 0. The molecule has 0 radical (unpaired) electrons. The van der Waals surface area contributed by atoms with Gasteiger partial charge in [-0.1, -0.05) is 0 Å². The summed E-state index contributed by atoms with van der Waals surface area (Å²) in [4.78, 5) is 31.3. The van der Waals surface area contributed by atoms with Crippen LogP contribution in [0, 0.1) is 0 Å². The molecule has 1 saturated heterocycles. The summed E-state index contributed by atoms with van der Waals surface area (Å²) in [7, 11) is 0. The summed E-state index contributed by atoms with van der Waals surface area (Å²) in [6.45, 7) is 7.26. The van der Waals surface area contributed by atoms with Gasteiger partial charge in [0, 0.05) is 30.7 Å². The third-order valence-corrected chi connectivity index (χ3v) is 4.47. The SMILES string of the molecule is CC(C)(C)OC(=O)Nc1ccc(NC(=O)c2cccnc2N2CCCCC2)cc1. The van der Waals surface area contributed by atoms with E-state index in [1.54, 1.807) is 42.6 Å². The van der Waals surface area contributed by atoms with Crippen molar-refractivity contribution >= 4 is 29.2 Å². The predicted molar refractivity (Wildman–Crippen MR) is 115 cm³/mol. The number of piperidine rings is 1. The number of pyridine rings is 1. The fourth-order valence-corrected chi connectivity index (χ4v) is 3.19. The third-order valence-electron chi connectivity index (χ3n) is 4.47. The maximum Gasteiger partial charge on any atom is 0.412 e. The molecule has 1 aliphatic heterocycles. The highest BCUT2D eigenvalue weighted by molar-refractivity contribution is 6.07. The van der Waals surface area contributed by atoms with Crippen LogP contribution in [-0.2, 0) is 4.74 Å². The molecule has 3 rings (SSSR count). The fourth-order valence-electron chi connectivity index (χ4n) is 3.19. The Balaban J connectivity index is 1.65. The number of anilines is 3. The smallest absolute Gasteiger partial charge is 0.412 e. The summed E-state index contributed by atoms with van der Waals surface area (Å²) in [6, 6.07) is 10.5. The van der Waals surface area contributed by atoms with E-state index in [1.165, 1.54) is 6.42 Å². The number of hydrogen-bond donors (Lipinski definition) is 2. The van der Waals surface area contributed by atoms with Gasteiger partial charge in [-0.3, -0.25) is 10.1 Å². The molecule has 0 spiro atoms. The second-order valence-corrected chi connectivity index (χ2v) is 8.08. The van der Waals surface area contributed by atoms with E-state index < -0.39 is 11.7 Å². The molecule has 1 aliphatic rings. The molecule has 29 heavy (non-hydrogen) atoms. The van der Waals surface area contributed by atoms with Crippen LogP contribution in [0.25, 0.3) is 0 Å². The largest absolute Gasteiger partial charge is 0.444 e. The van der Waals surface area contributed by atoms with E-state index in [0.29, 0.717) is 16.9 Å². The van der Waals surface area contributed by atoms with Crippen LogP contribution in [0.3, 0.4) is 0 Å². The van der Waals surface area contributed by atoms with Gasteiger partial charge in [-0.05, 0) is 76.4 Å². The van der Waals surface area contributed by atoms with E-state index in [9.17, 15) is 9.59 Å². The van der Waals surface area contributed by atoms with Crippen molar-refractivity contribution in [1.29, 1.82) is 0 Å². The molecule has 0 aliphatic carbocycles. The lowest BCUT2D eigenvalue weighted by atomic mass is 10.1. The van der Waals surface area contributed by atoms with Crippen molar-refractivity contribution in [2.24, 2.45) is 0 Å². The number of amides is 2. The Labute approximate surface area is 171 Å². The van der Waals surface area contributed by atoms with Gasteiger partial charge in [-0.2, -0.15) is 0 Å². The average Bonchev–Trinajstić information content (AvgIpc) is 2.68. The first-order chi connectivity index (χ1) is 13.8. The van der Waals surface area contributed by atoms with Crippen LogP contribution in [0.2, 0.25) is 0 Å². The van der Waals surface area contributed by atoms with Crippen molar-refractivity contribution in [3.8, 4) is 0 Å². The van der Waals surface area contributed by atoms with Crippen molar-refractivity contribution in [3.63, 3.8) is 0 Å². The topological polar surface area (TPSA) is 83.6 Å². The van der Waals surface area contributed by atoms with Crippen LogP contribution < -0.4 is 15.5 Å². The van der Waals surface area contributed by atoms with Crippen molar-refractivity contribution in [2.75, 3.05) is 28.6 Å². The Hall–Kier alpha value is -3.09. The van der Waals surface area contributed by atoms with Crippen LogP contribution in [0.1, 0.15) is 50.4 Å². The summed E-state index contributed by atoms with van der Waals surface area (Å²) in [5.41, 5.74) is 1.23. The van der Waals surface area contributed by atoms with Gasteiger partial charge in [0.25, 0.3) is 5.91 Å². The van der Waals surface area contributed by atoms with Crippen LogP contribution >= 0.6 is 0 Å². The quantitative estimate of drug-likeness (QED) is 0.784. The van der Waals surface area contributed by atoms with Crippen LogP contribution in [-0.4, -0.2) is 35.7 Å². The Bertz CT molecular complexity index is 853. The lowest BCUT2D eigenvalue weighted by Gasteiger charge is -2.29. The Morgan fingerprint density at radius 1 is 0.966 bits per heavy atom. The third kappa shape index (κ3) is 5.94. The Morgan fingerprint density at radius 2 is 1.59 bits per heavy atom. The van der Waals surface area contributed by atoms with Gasteiger partial charge in [-0.15, -0.1) is 0 Å². The molecule has 0 unspecified atom stereocenters. The number of hydrogen-bond acceptors (Lipinski definition) is 5. The molecule has 0 bridgehead atoms. The summed E-state index contributed by atoms with van der Waals surface area (Å²) in [5, 5.41) is 5.58. The zero-order valence-corrected chi connectivity index (χ0v) is 17.2. The molecule has 2 heterocycles. The van der Waals surface area contributed by atoms with Crippen molar-refractivity contribution in [3.05, 3.63) is 48.2 Å². The maximum atomic E-state index is 12.8. The predicted octanol–water partition coefficient (Wildman–Crippen LogP) is 4.67. The minimum atomic E-state index is -0.562. The van der Waals surface area contributed by atoms with E-state index in [0.717, 1.165) is 31.7 Å². The second kappa shape index (κ2) is 8.94. The van der Waals surface area contributed by atoms with Gasteiger partial charge in [0.2, 0.25) is 0 Å². The lowest BCUT2D eigenvalue weighted by Crippen LogP contribution is -2.32. The number of ether oxygens (including phenoxy) is 1. The molecule has 7 heteroatoms. The van der Waals surface area contributed by atoms with E-state index in [4.69, 9.17) is 4.74 Å². The highest BCUT2D eigenvalue weighted by Gasteiger charge is 2.20. The first kappa shape index (κ1) is 20.6. The van der Waals surface area contributed by atoms with Gasteiger partial charge in [0.15, 0.2) is 0 Å². The first-order valence-corrected chi connectivity index (χ1v) is 9.93. The highest BCUT2D eigenvalue weighted by Crippen LogP contribution is 2.23. The molecule has 1 aromatic carbocycles. The van der Waals surface area contributed by atoms with E-state index in [2.05, 4.69) is 20.5 Å². The number of benzene rings is 1. The molecule has 1 aromatic heterocycles. The van der Waals surface area contributed by atoms with Gasteiger partial charge in [0.1, 0.15) is 11.4 Å². The minimum absolute atomic E-state index is 0.202. The van der Waals surface area contributed by atoms with Crippen molar-refractivity contribution < 1.29 is 14.3 Å². The fraction of sp³-hybridized carbons (Fsp3) is 0.409. The maximum absolute atomic E-state index is 12.8. The number of carbonyl (C=O) groups excluding carboxylic acids is 2. The number of rotatable bonds is 4. The first-order valence-electron chi connectivity index (χ1n) is 9.93.